The third-order valence-corrected chi connectivity index (χ3v) is 5.04. The van der Waals surface area contributed by atoms with Crippen LogP contribution in [0.1, 0.15) is 17.9 Å². The number of aromatic nitrogens is 1. The van der Waals surface area contributed by atoms with E-state index in [2.05, 4.69) is 4.90 Å². The van der Waals surface area contributed by atoms with Gasteiger partial charge in [0.25, 0.3) is 0 Å². The number of rotatable bonds is 7. The molecule has 4 rings (SSSR count). The van der Waals surface area contributed by atoms with Gasteiger partial charge in [-0.1, -0.05) is 24.3 Å². The van der Waals surface area contributed by atoms with Crippen molar-refractivity contribution < 1.29 is 13.9 Å². The molecule has 0 amide bonds. The molecule has 1 atom stereocenters. The minimum Gasteiger partial charge on any atom is -0.457 e. The number of nitrogens with two attached hydrogens (primary N) is 1. The van der Waals surface area contributed by atoms with Gasteiger partial charge in [0.05, 0.1) is 18.4 Å². The molecule has 0 bridgehead atoms. The summed E-state index contributed by atoms with van der Waals surface area (Å²) in [6.07, 6.45) is 1.08. The Labute approximate surface area is 171 Å². The van der Waals surface area contributed by atoms with Crippen LogP contribution in [-0.2, 0) is 11.3 Å². The summed E-state index contributed by atoms with van der Waals surface area (Å²) in [4.78, 5) is 7.12. The maximum absolute atomic E-state index is 5.98. The summed E-state index contributed by atoms with van der Waals surface area (Å²) in [5, 5.41) is 0. The van der Waals surface area contributed by atoms with E-state index >= 15 is 0 Å². The van der Waals surface area contributed by atoms with Crippen LogP contribution in [-0.4, -0.2) is 42.2 Å². The number of ether oxygens (including phenoxy) is 2. The highest BCUT2D eigenvalue weighted by Crippen LogP contribution is 2.28. The molecule has 1 aliphatic heterocycles. The van der Waals surface area contributed by atoms with Crippen molar-refractivity contribution in [1.29, 1.82) is 0 Å². The Morgan fingerprint density at radius 2 is 1.97 bits per heavy atom. The van der Waals surface area contributed by atoms with Gasteiger partial charge in [-0.3, -0.25) is 4.90 Å². The van der Waals surface area contributed by atoms with E-state index in [1.54, 1.807) is 0 Å². The van der Waals surface area contributed by atoms with Gasteiger partial charge in [0.1, 0.15) is 17.3 Å². The number of hydrogen-bond acceptors (Lipinski definition) is 6. The summed E-state index contributed by atoms with van der Waals surface area (Å²) in [5.41, 5.74) is 7.53. The van der Waals surface area contributed by atoms with Gasteiger partial charge in [-0.05, 0) is 50.2 Å². The van der Waals surface area contributed by atoms with E-state index in [1.165, 1.54) is 0 Å². The van der Waals surface area contributed by atoms with Crippen LogP contribution >= 0.6 is 0 Å². The number of nitrogens with zero attached hydrogens (tertiary/aromatic N) is 2. The Morgan fingerprint density at radius 1 is 1.14 bits per heavy atom. The maximum atomic E-state index is 5.98. The fourth-order valence-electron chi connectivity index (χ4n) is 3.51. The van der Waals surface area contributed by atoms with Crippen LogP contribution < -0.4 is 10.5 Å². The van der Waals surface area contributed by atoms with Gasteiger partial charge < -0.3 is 19.6 Å². The van der Waals surface area contributed by atoms with Crippen molar-refractivity contribution in [3.8, 4) is 23.0 Å². The predicted octanol–water partition coefficient (Wildman–Crippen LogP) is 3.99. The van der Waals surface area contributed by atoms with Gasteiger partial charge in [-0.15, -0.1) is 0 Å². The molecule has 29 heavy (non-hydrogen) atoms. The van der Waals surface area contributed by atoms with Crippen LogP contribution in [0.2, 0.25) is 0 Å². The molecular formula is C23H27N3O3. The topological polar surface area (TPSA) is 73.8 Å². The minimum atomic E-state index is 0.201. The fourth-order valence-corrected chi connectivity index (χ4v) is 3.51. The highest BCUT2D eigenvalue weighted by Gasteiger charge is 2.22. The highest BCUT2D eigenvalue weighted by atomic mass is 16.5. The van der Waals surface area contributed by atoms with Crippen molar-refractivity contribution in [2.24, 2.45) is 5.73 Å². The molecule has 6 nitrogen and oxygen atoms in total. The lowest BCUT2D eigenvalue weighted by molar-refractivity contribution is -0.0339. The van der Waals surface area contributed by atoms with E-state index in [4.69, 9.17) is 24.6 Å². The second-order valence-electron chi connectivity index (χ2n) is 7.27. The number of hydrogen-bond donors (Lipinski definition) is 1. The molecule has 1 fully saturated rings. The lowest BCUT2D eigenvalue weighted by Crippen LogP contribution is -2.42. The Hall–Kier alpha value is -2.67. The van der Waals surface area contributed by atoms with E-state index in [1.807, 2.05) is 61.5 Å². The van der Waals surface area contributed by atoms with Crippen LogP contribution in [0, 0.1) is 6.92 Å². The quantitative estimate of drug-likeness (QED) is 0.654. The summed E-state index contributed by atoms with van der Waals surface area (Å²) < 4.78 is 17.7. The molecule has 0 aliphatic carbocycles. The highest BCUT2D eigenvalue weighted by molar-refractivity contribution is 5.57. The average Bonchev–Trinajstić information content (AvgIpc) is 3.10. The van der Waals surface area contributed by atoms with Crippen LogP contribution in [0.5, 0.6) is 11.5 Å². The van der Waals surface area contributed by atoms with Gasteiger partial charge in [0, 0.05) is 25.2 Å². The molecule has 2 heterocycles. The van der Waals surface area contributed by atoms with Crippen molar-refractivity contribution in [2.75, 3.05) is 26.2 Å². The van der Waals surface area contributed by atoms with Crippen molar-refractivity contribution in [3.05, 3.63) is 66.1 Å². The molecule has 2 aromatic carbocycles. The normalized spacial score (nSPS) is 17.4. The van der Waals surface area contributed by atoms with Gasteiger partial charge in [0.15, 0.2) is 0 Å². The lowest BCUT2D eigenvalue weighted by Gasteiger charge is -2.32. The molecule has 1 saturated heterocycles. The van der Waals surface area contributed by atoms with Crippen LogP contribution in [0.4, 0.5) is 0 Å². The summed E-state index contributed by atoms with van der Waals surface area (Å²) >= 11 is 0. The molecule has 0 spiro atoms. The largest absolute Gasteiger partial charge is 0.457 e. The first-order valence-corrected chi connectivity index (χ1v) is 10.0. The SMILES string of the molecule is Cc1oc(-c2cccc(Oc3ccccc3)c2)nc1CN1CCO[C@H](CCN)C1. The second-order valence-corrected chi connectivity index (χ2v) is 7.27. The zero-order chi connectivity index (χ0) is 20.1. The second kappa shape index (κ2) is 9.22. The number of aryl methyl sites for hydroxylation is 1. The van der Waals surface area contributed by atoms with Gasteiger partial charge in [0.2, 0.25) is 5.89 Å². The third kappa shape index (κ3) is 5.03. The maximum Gasteiger partial charge on any atom is 0.226 e. The van der Waals surface area contributed by atoms with E-state index in [0.717, 1.165) is 61.2 Å². The zero-order valence-corrected chi connectivity index (χ0v) is 16.7. The van der Waals surface area contributed by atoms with Gasteiger partial charge in [-0.25, -0.2) is 4.98 Å². The van der Waals surface area contributed by atoms with Crippen molar-refractivity contribution >= 4 is 0 Å². The molecule has 0 saturated carbocycles. The molecular weight excluding hydrogens is 366 g/mol. The smallest absolute Gasteiger partial charge is 0.226 e. The predicted molar refractivity (Wildman–Crippen MR) is 112 cm³/mol. The summed E-state index contributed by atoms with van der Waals surface area (Å²) in [6, 6.07) is 17.5. The Bertz CT molecular complexity index is 924. The third-order valence-electron chi connectivity index (χ3n) is 5.04. The van der Waals surface area contributed by atoms with E-state index < -0.39 is 0 Å². The fraction of sp³-hybridized carbons (Fsp3) is 0.348. The zero-order valence-electron chi connectivity index (χ0n) is 16.7. The van der Waals surface area contributed by atoms with E-state index in [0.29, 0.717) is 12.4 Å². The first kappa shape index (κ1) is 19.6. The molecule has 152 valence electrons. The van der Waals surface area contributed by atoms with E-state index in [-0.39, 0.29) is 6.10 Å². The Kier molecular flexibility index (Phi) is 6.24. The average molecular weight is 393 g/mol. The Morgan fingerprint density at radius 3 is 2.79 bits per heavy atom. The summed E-state index contributed by atoms with van der Waals surface area (Å²) in [5.74, 6) is 3.01. The standard InChI is InChI=1S/C23H27N3O3/c1-17-22(16-26-12-13-27-21(15-26)10-11-24)25-23(28-17)18-6-5-9-20(14-18)29-19-7-3-2-4-8-19/h2-9,14,21H,10-13,15-16,24H2,1H3/t21-/m1/s1. The van der Waals surface area contributed by atoms with Crippen molar-refractivity contribution in [1.82, 2.24) is 9.88 Å². The number of morpholine rings is 1. The van der Waals surface area contributed by atoms with Gasteiger partial charge in [-0.2, -0.15) is 0 Å². The van der Waals surface area contributed by atoms with Crippen LogP contribution in [0.25, 0.3) is 11.5 Å². The molecule has 6 heteroatoms. The number of benzene rings is 2. The van der Waals surface area contributed by atoms with Crippen molar-refractivity contribution in [3.63, 3.8) is 0 Å². The first-order chi connectivity index (χ1) is 14.2. The summed E-state index contributed by atoms with van der Waals surface area (Å²) in [7, 11) is 0. The monoisotopic (exact) mass is 393 g/mol. The molecule has 1 aliphatic rings. The Balaban J connectivity index is 1.47. The number of oxazole rings is 1. The van der Waals surface area contributed by atoms with Crippen LogP contribution in [0.15, 0.2) is 59.0 Å². The molecule has 1 aromatic heterocycles. The minimum absolute atomic E-state index is 0.201. The lowest BCUT2D eigenvalue weighted by atomic mass is 10.2. The molecule has 0 radical (unpaired) electrons. The van der Waals surface area contributed by atoms with Crippen molar-refractivity contribution in [2.45, 2.75) is 26.0 Å². The van der Waals surface area contributed by atoms with Gasteiger partial charge >= 0.3 is 0 Å². The molecule has 2 N–H and O–H groups in total. The first-order valence-electron chi connectivity index (χ1n) is 10.0. The molecule has 0 unspecified atom stereocenters. The summed E-state index contributed by atoms with van der Waals surface area (Å²) in [6.45, 7) is 5.86. The number of para-hydroxylation sites is 1. The van der Waals surface area contributed by atoms with Crippen LogP contribution in [0.3, 0.4) is 0 Å². The molecule has 3 aromatic rings. The van der Waals surface area contributed by atoms with E-state index in [9.17, 15) is 0 Å².